The fraction of sp³-hybridized carbons (Fsp3) is 0.421. The smallest absolute Gasteiger partial charge is 0.340 e. The molecule has 7 heteroatoms. The Labute approximate surface area is 156 Å². The van der Waals surface area contributed by atoms with E-state index in [-0.39, 0.29) is 24.5 Å². The summed E-state index contributed by atoms with van der Waals surface area (Å²) in [7, 11) is 0. The second-order valence-corrected chi connectivity index (χ2v) is 6.75. The molecule has 2 heterocycles. The Kier molecular flexibility index (Phi) is 6.74. The second-order valence-electron chi connectivity index (χ2n) is 5.97. The lowest BCUT2D eigenvalue weighted by Crippen LogP contribution is -2.25. The summed E-state index contributed by atoms with van der Waals surface area (Å²) in [6, 6.07) is 1.95. The van der Waals surface area contributed by atoms with Gasteiger partial charge in [-0.05, 0) is 62.1 Å². The first-order valence-electron chi connectivity index (χ1n) is 8.46. The summed E-state index contributed by atoms with van der Waals surface area (Å²) in [5, 5.41) is 3.92. The summed E-state index contributed by atoms with van der Waals surface area (Å²) in [5.41, 5.74) is 2.75. The van der Waals surface area contributed by atoms with Gasteiger partial charge < -0.3 is 14.5 Å². The van der Waals surface area contributed by atoms with E-state index in [0.717, 1.165) is 5.56 Å². The fourth-order valence-electron chi connectivity index (χ4n) is 2.70. The maximum absolute atomic E-state index is 12.6. The predicted molar refractivity (Wildman–Crippen MR) is 98.7 cm³/mol. The molecule has 1 N–H and O–H groups in total. The number of ether oxygens (including phenoxy) is 2. The third-order valence-corrected chi connectivity index (χ3v) is 4.77. The van der Waals surface area contributed by atoms with Gasteiger partial charge in [0, 0.05) is 12.1 Å². The van der Waals surface area contributed by atoms with Gasteiger partial charge in [-0.1, -0.05) is 0 Å². The van der Waals surface area contributed by atoms with Crippen LogP contribution in [0.3, 0.4) is 0 Å². The highest BCUT2D eigenvalue weighted by molar-refractivity contribution is 7.07. The van der Waals surface area contributed by atoms with Gasteiger partial charge in [0.1, 0.15) is 0 Å². The molecular weight excluding hydrogens is 354 g/mol. The van der Waals surface area contributed by atoms with Crippen LogP contribution in [-0.2, 0) is 20.7 Å². The molecule has 26 heavy (non-hydrogen) atoms. The van der Waals surface area contributed by atoms with Crippen LogP contribution in [0.2, 0.25) is 0 Å². The number of aromatic amines is 1. The van der Waals surface area contributed by atoms with Crippen LogP contribution in [0.5, 0.6) is 0 Å². The lowest BCUT2D eigenvalue weighted by atomic mass is 10.1. The molecular formula is C19H23NO5S. The van der Waals surface area contributed by atoms with Crippen molar-refractivity contribution >= 4 is 29.1 Å². The summed E-state index contributed by atoms with van der Waals surface area (Å²) < 4.78 is 10.3. The maximum Gasteiger partial charge on any atom is 0.340 e. The predicted octanol–water partition coefficient (Wildman–Crippen LogP) is 3.62. The minimum absolute atomic E-state index is 0.213. The van der Waals surface area contributed by atoms with Gasteiger partial charge in [0.05, 0.1) is 17.9 Å². The monoisotopic (exact) mass is 377 g/mol. The normalized spacial score (nSPS) is 11.8. The molecule has 0 amide bonds. The Hall–Kier alpha value is -2.41. The van der Waals surface area contributed by atoms with Crippen LogP contribution < -0.4 is 0 Å². The maximum atomic E-state index is 12.6. The SMILES string of the molecule is CCOC(=O)c1c(C)[nH]c(C(=O)[C@H](C)OC(=O)CCc2ccsc2)c1C. The van der Waals surface area contributed by atoms with Crippen LogP contribution >= 0.6 is 11.3 Å². The van der Waals surface area contributed by atoms with E-state index in [1.165, 1.54) is 6.92 Å². The number of rotatable bonds is 8. The number of esters is 2. The average molecular weight is 377 g/mol. The fourth-order valence-corrected chi connectivity index (χ4v) is 3.40. The van der Waals surface area contributed by atoms with Gasteiger partial charge in [-0.15, -0.1) is 0 Å². The zero-order valence-electron chi connectivity index (χ0n) is 15.4. The van der Waals surface area contributed by atoms with Crippen molar-refractivity contribution in [1.29, 1.82) is 0 Å². The van der Waals surface area contributed by atoms with Gasteiger partial charge in [0.2, 0.25) is 5.78 Å². The number of Topliss-reactive ketones (excluding diaryl/α,β-unsaturated/α-hetero) is 1. The molecule has 0 radical (unpaired) electrons. The molecule has 2 aromatic rings. The van der Waals surface area contributed by atoms with E-state index in [1.807, 2.05) is 16.8 Å². The summed E-state index contributed by atoms with van der Waals surface area (Å²) >= 11 is 1.57. The van der Waals surface area contributed by atoms with Crippen molar-refractivity contribution in [2.24, 2.45) is 0 Å². The highest BCUT2D eigenvalue weighted by atomic mass is 32.1. The van der Waals surface area contributed by atoms with E-state index >= 15 is 0 Å². The van der Waals surface area contributed by atoms with Crippen molar-refractivity contribution in [3.8, 4) is 0 Å². The molecule has 0 aromatic carbocycles. The molecule has 0 aliphatic carbocycles. The number of hydrogen-bond acceptors (Lipinski definition) is 6. The zero-order valence-corrected chi connectivity index (χ0v) is 16.2. The van der Waals surface area contributed by atoms with Crippen molar-refractivity contribution in [3.63, 3.8) is 0 Å². The first-order valence-corrected chi connectivity index (χ1v) is 9.40. The van der Waals surface area contributed by atoms with Crippen molar-refractivity contribution in [2.75, 3.05) is 6.61 Å². The molecule has 0 saturated heterocycles. The summed E-state index contributed by atoms with van der Waals surface area (Å²) in [4.78, 5) is 39.6. The van der Waals surface area contributed by atoms with E-state index in [0.29, 0.717) is 23.2 Å². The molecule has 2 rings (SSSR count). The van der Waals surface area contributed by atoms with Gasteiger partial charge >= 0.3 is 11.9 Å². The Balaban J connectivity index is 2.02. The lowest BCUT2D eigenvalue weighted by Gasteiger charge is -2.12. The van der Waals surface area contributed by atoms with Gasteiger partial charge in [-0.3, -0.25) is 9.59 Å². The van der Waals surface area contributed by atoms with Crippen LogP contribution in [-0.4, -0.2) is 35.4 Å². The van der Waals surface area contributed by atoms with E-state index in [9.17, 15) is 14.4 Å². The zero-order chi connectivity index (χ0) is 19.3. The summed E-state index contributed by atoms with van der Waals surface area (Å²) in [6.45, 7) is 6.88. The molecule has 0 spiro atoms. The van der Waals surface area contributed by atoms with Crippen molar-refractivity contribution in [1.82, 2.24) is 4.98 Å². The number of ketones is 1. The number of carbonyl (C=O) groups excluding carboxylic acids is 3. The minimum Gasteiger partial charge on any atom is -0.462 e. The van der Waals surface area contributed by atoms with Crippen molar-refractivity contribution in [3.05, 3.63) is 44.9 Å². The number of aromatic nitrogens is 1. The van der Waals surface area contributed by atoms with Crippen LogP contribution in [0.4, 0.5) is 0 Å². The van der Waals surface area contributed by atoms with E-state index in [1.54, 1.807) is 32.1 Å². The number of carbonyl (C=O) groups is 3. The number of H-pyrrole nitrogens is 1. The Morgan fingerprint density at radius 3 is 2.62 bits per heavy atom. The number of aryl methyl sites for hydroxylation is 2. The van der Waals surface area contributed by atoms with Crippen molar-refractivity contribution in [2.45, 2.75) is 46.6 Å². The quantitative estimate of drug-likeness (QED) is 0.561. The topological polar surface area (TPSA) is 85.5 Å². The number of thiophene rings is 1. The molecule has 0 aliphatic rings. The van der Waals surface area contributed by atoms with Crippen LogP contribution in [0.15, 0.2) is 16.8 Å². The summed E-state index contributed by atoms with van der Waals surface area (Å²) in [5.74, 6) is -1.27. The summed E-state index contributed by atoms with van der Waals surface area (Å²) in [6.07, 6.45) is -0.140. The highest BCUT2D eigenvalue weighted by Gasteiger charge is 2.27. The molecule has 0 saturated carbocycles. The molecule has 0 bridgehead atoms. The third kappa shape index (κ3) is 4.60. The van der Waals surface area contributed by atoms with Crippen LogP contribution in [0.1, 0.15) is 57.9 Å². The molecule has 1 atom stereocenters. The molecule has 6 nitrogen and oxygen atoms in total. The first-order chi connectivity index (χ1) is 12.3. The average Bonchev–Trinajstić information content (AvgIpc) is 3.20. The Morgan fingerprint density at radius 2 is 2.00 bits per heavy atom. The standard InChI is InChI=1S/C19H23NO5S/c1-5-24-19(23)16-11(2)17(20-12(16)3)18(22)13(4)25-15(21)7-6-14-8-9-26-10-14/h8-10,13,20H,5-7H2,1-4H3/t13-/m0/s1. The van der Waals surface area contributed by atoms with Crippen molar-refractivity contribution < 1.29 is 23.9 Å². The van der Waals surface area contributed by atoms with Gasteiger partial charge in [-0.2, -0.15) is 11.3 Å². The van der Waals surface area contributed by atoms with Gasteiger partial charge in [0.15, 0.2) is 6.10 Å². The molecule has 140 valence electrons. The van der Waals surface area contributed by atoms with E-state index < -0.39 is 18.0 Å². The second kappa shape index (κ2) is 8.80. The molecule has 0 fully saturated rings. The Morgan fingerprint density at radius 1 is 1.27 bits per heavy atom. The Bertz CT molecular complexity index is 791. The van der Waals surface area contributed by atoms with Gasteiger partial charge in [-0.25, -0.2) is 4.79 Å². The van der Waals surface area contributed by atoms with E-state index in [2.05, 4.69) is 4.98 Å². The van der Waals surface area contributed by atoms with Gasteiger partial charge in [0.25, 0.3) is 0 Å². The first kappa shape index (κ1) is 19.9. The third-order valence-electron chi connectivity index (χ3n) is 4.04. The lowest BCUT2D eigenvalue weighted by molar-refractivity contribution is -0.146. The largest absolute Gasteiger partial charge is 0.462 e. The number of hydrogen-bond donors (Lipinski definition) is 1. The molecule has 2 aromatic heterocycles. The number of nitrogens with one attached hydrogen (secondary N) is 1. The van der Waals surface area contributed by atoms with E-state index in [4.69, 9.17) is 9.47 Å². The minimum atomic E-state index is -0.934. The molecule has 0 aliphatic heterocycles. The van der Waals surface area contributed by atoms with Crippen LogP contribution in [0.25, 0.3) is 0 Å². The highest BCUT2D eigenvalue weighted by Crippen LogP contribution is 2.21. The van der Waals surface area contributed by atoms with Crippen LogP contribution in [0, 0.1) is 13.8 Å². The molecule has 0 unspecified atom stereocenters.